The maximum absolute atomic E-state index is 10.2. The van der Waals surface area contributed by atoms with Crippen molar-refractivity contribution in [2.45, 2.75) is 19.1 Å². The summed E-state index contributed by atoms with van der Waals surface area (Å²) >= 11 is 6.98. The molecule has 3 heterocycles. The van der Waals surface area contributed by atoms with Crippen LogP contribution in [0.5, 0.6) is 0 Å². The van der Waals surface area contributed by atoms with Crippen molar-refractivity contribution in [2.75, 3.05) is 32.1 Å². The molecule has 1 atom stereocenters. The molecule has 30 heavy (non-hydrogen) atoms. The molecule has 1 saturated heterocycles. The Hall–Kier alpha value is -2.60. The summed E-state index contributed by atoms with van der Waals surface area (Å²) in [7, 11) is 4.27. The number of halogens is 1. The van der Waals surface area contributed by atoms with Crippen molar-refractivity contribution in [1.82, 2.24) is 14.3 Å². The molecule has 1 aliphatic heterocycles. The normalized spacial score (nSPS) is 17.0. The highest BCUT2D eigenvalue weighted by molar-refractivity contribution is 6.35. The number of aromatic nitrogens is 2. The van der Waals surface area contributed by atoms with E-state index in [4.69, 9.17) is 16.6 Å². The second-order valence-electron chi connectivity index (χ2n) is 8.13. The molecule has 0 unspecified atom stereocenters. The summed E-state index contributed by atoms with van der Waals surface area (Å²) in [6.07, 6.45) is 1.09. The molecule has 1 aliphatic rings. The number of para-hydroxylation sites is 2. The maximum Gasteiger partial charge on any atom is 0.146 e. The second kappa shape index (κ2) is 7.58. The summed E-state index contributed by atoms with van der Waals surface area (Å²) < 4.78 is 2.19. The summed E-state index contributed by atoms with van der Waals surface area (Å²) in [5.41, 5.74) is 5.32. The molecular weight excluding hydrogens is 396 g/mol. The number of aliphatic hydroxyl groups excluding tert-OH is 1. The lowest BCUT2D eigenvalue weighted by molar-refractivity contribution is 0.283. The topological polar surface area (TPSA) is 44.0 Å². The maximum atomic E-state index is 10.2. The number of imidazole rings is 1. The molecule has 0 aliphatic carbocycles. The first-order valence-corrected chi connectivity index (χ1v) is 10.7. The fraction of sp³-hybridized carbons (Fsp3) is 0.292. The third-order valence-electron chi connectivity index (χ3n) is 6.16. The van der Waals surface area contributed by atoms with Crippen LogP contribution in [-0.2, 0) is 6.61 Å². The monoisotopic (exact) mass is 420 g/mol. The molecule has 1 fully saturated rings. The van der Waals surface area contributed by atoms with Gasteiger partial charge in [-0.25, -0.2) is 4.98 Å². The number of pyridine rings is 1. The van der Waals surface area contributed by atoms with Crippen LogP contribution >= 0.6 is 11.6 Å². The highest BCUT2D eigenvalue weighted by atomic mass is 35.5. The minimum atomic E-state index is -0.161. The molecule has 0 saturated carbocycles. The van der Waals surface area contributed by atoms with Gasteiger partial charge >= 0.3 is 0 Å². The predicted octanol–water partition coefficient (Wildman–Crippen LogP) is 4.44. The molecule has 5 rings (SSSR count). The van der Waals surface area contributed by atoms with Crippen molar-refractivity contribution in [1.29, 1.82) is 0 Å². The quantitative estimate of drug-likeness (QED) is 0.530. The van der Waals surface area contributed by atoms with Crippen molar-refractivity contribution in [2.24, 2.45) is 0 Å². The van der Waals surface area contributed by atoms with Gasteiger partial charge in [0.1, 0.15) is 11.5 Å². The molecule has 4 aromatic rings. The standard InChI is InChI=1S/C24H25ClN4O/c1-27(2)17-12-13-28(14-17)24-21(16-8-4-3-5-9-16)22(25)18(15-30)23-26-19-10-6-7-11-20(19)29(23)24/h3-11,17,30H,12-15H2,1-2H3/t17-/m0/s1. The van der Waals surface area contributed by atoms with Gasteiger partial charge in [-0.3, -0.25) is 4.40 Å². The van der Waals surface area contributed by atoms with E-state index in [0.717, 1.165) is 53.1 Å². The van der Waals surface area contributed by atoms with Gasteiger partial charge in [0.25, 0.3) is 0 Å². The van der Waals surface area contributed by atoms with Crippen LogP contribution < -0.4 is 4.90 Å². The van der Waals surface area contributed by atoms with Crippen molar-refractivity contribution >= 4 is 34.1 Å². The fourth-order valence-electron chi connectivity index (χ4n) is 4.56. The molecule has 0 amide bonds. The molecule has 1 N–H and O–H groups in total. The Morgan fingerprint density at radius 1 is 1.10 bits per heavy atom. The summed E-state index contributed by atoms with van der Waals surface area (Å²) in [4.78, 5) is 9.55. The molecule has 2 aromatic heterocycles. The zero-order valence-electron chi connectivity index (χ0n) is 17.2. The van der Waals surface area contributed by atoms with Crippen LogP contribution in [-0.4, -0.2) is 52.6 Å². The molecule has 0 radical (unpaired) electrons. The van der Waals surface area contributed by atoms with Gasteiger partial charge in [0.2, 0.25) is 0 Å². The van der Waals surface area contributed by atoms with Crippen LogP contribution in [0.2, 0.25) is 5.02 Å². The number of hydrogen-bond donors (Lipinski definition) is 1. The van der Waals surface area contributed by atoms with Crippen molar-refractivity contribution in [3.8, 4) is 11.1 Å². The van der Waals surface area contributed by atoms with E-state index in [2.05, 4.69) is 46.5 Å². The smallest absolute Gasteiger partial charge is 0.146 e. The van der Waals surface area contributed by atoms with Gasteiger partial charge in [0.05, 0.1) is 22.7 Å². The summed E-state index contributed by atoms with van der Waals surface area (Å²) in [5, 5.41) is 10.8. The number of benzene rings is 2. The first kappa shape index (κ1) is 19.4. The highest BCUT2D eigenvalue weighted by Gasteiger charge is 2.31. The Kier molecular flexibility index (Phi) is 4.89. The van der Waals surface area contributed by atoms with Crippen LogP contribution in [0.15, 0.2) is 54.6 Å². The van der Waals surface area contributed by atoms with E-state index in [9.17, 15) is 5.11 Å². The Labute approximate surface area is 181 Å². The molecule has 5 nitrogen and oxygen atoms in total. The average molecular weight is 421 g/mol. The fourth-order valence-corrected chi connectivity index (χ4v) is 4.90. The number of rotatable bonds is 4. The lowest BCUT2D eigenvalue weighted by Gasteiger charge is -2.27. The average Bonchev–Trinajstić information content (AvgIpc) is 3.39. The molecule has 0 bridgehead atoms. The van der Waals surface area contributed by atoms with Crippen molar-refractivity contribution in [3.63, 3.8) is 0 Å². The molecule has 0 spiro atoms. The van der Waals surface area contributed by atoms with E-state index in [1.807, 2.05) is 36.4 Å². The summed E-state index contributed by atoms with van der Waals surface area (Å²) in [6.45, 7) is 1.70. The minimum absolute atomic E-state index is 0.161. The minimum Gasteiger partial charge on any atom is -0.391 e. The van der Waals surface area contributed by atoms with Gasteiger partial charge in [-0.2, -0.15) is 0 Å². The Bertz CT molecular complexity index is 1220. The van der Waals surface area contributed by atoms with Gasteiger partial charge in [-0.05, 0) is 38.2 Å². The number of hydrogen-bond acceptors (Lipinski definition) is 4. The van der Waals surface area contributed by atoms with Gasteiger partial charge in [0.15, 0.2) is 0 Å². The molecule has 154 valence electrons. The summed E-state index contributed by atoms with van der Waals surface area (Å²) in [6, 6.07) is 18.8. The van der Waals surface area contributed by atoms with Crippen LogP contribution in [0.4, 0.5) is 5.82 Å². The number of aliphatic hydroxyl groups is 1. The number of nitrogens with zero attached hydrogens (tertiary/aromatic N) is 4. The highest BCUT2D eigenvalue weighted by Crippen LogP contribution is 2.43. The lowest BCUT2D eigenvalue weighted by atomic mass is 10.0. The van der Waals surface area contributed by atoms with E-state index < -0.39 is 0 Å². The third kappa shape index (κ3) is 2.97. The zero-order chi connectivity index (χ0) is 20.8. The van der Waals surface area contributed by atoms with E-state index in [-0.39, 0.29) is 6.61 Å². The Balaban J connectivity index is 1.89. The van der Waals surface area contributed by atoms with Gasteiger partial charge < -0.3 is 14.9 Å². The molecular formula is C24H25ClN4O. The van der Waals surface area contributed by atoms with Crippen LogP contribution in [0.3, 0.4) is 0 Å². The van der Waals surface area contributed by atoms with Gasteiger partial charge in [-0.1, -0.05) is 54.1 Å². The first-order chi connectivity index (χ1) is 14.6. The number of anilines is 1. The van der Waals surface area contributed by atoms with E-state index in [0.29, 0.717) is 16.6 Å². The molecule has 6 heteroatoms. The van der Waals surface area contributed by atoms with Crippen LogP contribution in [0.1, 0.15) is 12.0 Å². The number of fused-ring (bicyclic) bond motifs is 3. The Morgan fingerprint density at radius 3 is 2.53 bits per heavy atom. The molecule has 2 aromatic carbocycles. The van der Waals surface area contributed by atoms with Crippen molar-refractivity contribution < 1.29 is 5.11 Å². The zero-order valence-corrected chi connectivity index (χ0v) is 18.0. The summed E-state index contributed by atoms with van der Waals surface area (Å²) in [5.74, 6) is 1.05. The van der Waals surface area contributed by atoms with Gasteiger partial charge in [-0.15, -0.1) is 0 Å². The first-order valence-electron chi connectivity index (χ1n) is 10.3. The predicted molar refractivity (Wildman–Crippen MR) is 123 cm³/mol. The van der Waals surface area contributed by atoms with Crippen LogP contribution in [0, 0.1) is 0 Å². The van der Waals surface area contributed by atoms with Crippen LogP contribution in [0.25, 0.3) is 27.8 Å². The van der Waals surface area contributed by atoms with Gasteiger partial charge in [0, 0.05) is 30.3 Å². The number of likely N-dealkylation sites (N-methyl/N-ethyl adjacent to an activating group) is 1. The van der Waals surface area contributed by atoms with E-state index >= 15 is 0 Å². The van der Waals surface area contributed by atoms with E-state index in [1.54, 1.807) is 0 Å². The van der Waals surface area contributed by atoms with Crippen molar-refractivity contribution in [3.05, 3.63) is 65.2 Å². The largest absolute Gasteiger partial charge is 0.391 e. The Morgan fingerprint density at radius 2 is 1.83 bits per heavy atom. The third-order valence-corrected chi connectivity index (χ3v) is 6.58. The SMILES string of the molecule is CN(C)[C@H]1CCN(c2c(-c3ccccc3)c(Cl)c(CO)c3nc4ccccc4n23)C1. The lowest BCUT2D eigenvalue weighted by Crippen LogP contribution is -2.32. The second-order valence-corrected chi connectivity index (χ2v) is 8.50. The van der Waals surface area contributed by atoms with E-state index in [1.165, 1.54) is 0 Å².